The predicted molar refractivity (Wildman–Crippen MR) is 80.8 cm³/mol. The number of fused-ring (bicyclic) bond motifs is 2. The number of sulfone groups is 1. The smallest absolute Gasteiger partial charge is 0.156 e. The molecule has 1 aromatic rings. The van der Waals surface area contributed by atoms with E-state index in [1.165, 1.54) is 0 Å². The Labute approximate surface area is 125 Å². The topological polar surface area (TPSA) is 64.1 Å². The van der Waals surface area contributed by atoms with Crippen molar-refractivity contribution >= 4 is 15.6 Å². The number of rotatable bonds is 3. The summed E-state index contributed by atoms with van der Waals surface area (Å²) in [5.41, 5.74) is 1.70. The SMILES string of the molecule is Cc1cccc(CC(=O)C2CC3CCCC(C2)S3(=O)=O)n1. The van der Waals surface area contributed by atoms with Gasteiger partial charge in [0.1, 0.15) is 5.78 Å². The average Bonchev–Trinajstić information content (AvgIpc) is 2.37. The van der Waals surface area contributed by atoms with Gasteiger partial charge in [-0.3, -0.25) is 9.78 Å². The predicted octanol–water partition coefficient (Wildman–Crippen LogP) is 2.25. The van der Waals surface area contributed by atoms with Gasteiger partial charge in [-0.2, -0.15) is 0 Å². The highest BCUT2D eigenvalue weighted by Gasteiger charge is 2.45. The molecule has 2 saturated heterocycles. The van der Waals surface area contributed by atoms with Gasteiger partial charge in [0.2, 0.25) is 0 Å². The van der Waals surface area contributed by atoms with E-state index in [0.717, 1.165) is 30.7 Å². The zero-order valence-electron chi connectivity index (χ0n) is 12.3. The highest BCUT2D eigenvalue weighted by molar-refractivity contribution is 7.92. The van der Waals surface area contributed by atoms with Crippen LogP contribution in [0.1, 0.15) is 43.5 Å². The molecule has 0 spiro atoms. The Morgan fingerprint density at radius 1 is 1.24 bits per heavy atom. The van der Waals surface area contributed by atoms with Gasteiger partial charge in [0, 0.05) is 23.7 Å². The lowest BCUT2D eigenvalue weighted by atomic mass is 9.85. The van der Waals surface area contributed by atoms with Crippen LogP contribution in [0.2, 0.25) is 0 Å². The molecule has 3 heterocycles. The molecule has 5 heteroatoms. The summed E-state index contributed by atoms with van der Waals surface area (Å²) in [4.78, 5) is 16.9. The third-order valence-corrected chi connectivity index (χ3v) is 7.55. The minimum atomic E-state index is -2.98. The first-order chi connectivity index (χ1) is 9.96. The normalized spacial score (nSPS) is 30.8. The number of hydrogen-bond donors (Lipinski definition) is 0. The molecule has 0 N–H and O–H groups in total. The number of hydrogen-bond acceptors (Lipinski definition) is 4. The molecule has 3 rings (SSSR count). The molecule has 2 aliphatic heterocycles. The van der Waals surface area contributed by atoms with Crippen LogP contribution >= 0.6 is 0 Å². The van der Waals surface area contributed by atoms with Crippen LogP contribution in [0.4, 0.5) is 0 Å². The number of ketones is 1. The zero-order chi connectivity index (χ0) is 15.0. The molecule has 0 aromatic carbocycles. The lowest BCUT2D eigenvalue weighted by Gasteiger charge is -2.38. The number of aryl methyl sites for hydroxylation is 1. The molecule has 0 saturated carbocycles. The largest absolute Gasteiger partial charge is 0.299 e. The second-order valence-corrected chi connectivity index (χ2v) is 8.86. The van der Waals surface area contributed by atoms with Crippen LogP contribution in [0.5, 0.6) is 0 Å². The van der Waals surface area contributed by atoms with Gasteiger partial charge >= 0.3 is 0 Å². The number of carbonyl (C=O) groups excluding carboxylic acids is 1. The Balaban J connectivity index is 1.72. The van der Waals surface area contributed by atoms with Crippen molar-refractivity contribution in [3.8, 4) is 0 Å². The standard InChI is InChI=1S/C16H21NO3S/c1-11-4-2-5-13(17-11)10-16(18)12-8-14-6-3-7-15(9-12)21(14,19)20/h2,4-5,12,14-15H,3,6-10H2,1H3. The minimum Gasteiger partial charge on any atom is -0.299 e. The highest BCUT2D eigenvalue weighted by Crippen LogP contribution is 2.39. The van der Waals surface area contributed by atoms with E-state index in [2.05, 4.69) is 4.98 Å². The second-order valence-electron chi connectivity index (χ2n) is 6.35. The van der Waals surface area contributed by atoms with Crippen molar-refractivity contribution in [2.24, 2.45) is 5.92 Å². The van der Waals surface area contributed by atoms with Crippen molar-refractivity contribution in [3.63, 3.8) is 0 Å². The highest BCUT2D eigenvalue weighted by atomic mass is 32.2. The van der Waals surface area contributed by atoms with E-state index in [1.807, 2.05) is 25.1 Å². The van der Waals surface area contributed by atoms with Crippen molar-refractivity contribution < 1.29 is 13.2 Å². The summed E-state index contributed by atoms with van der Waals surface area (Å²) >= 11 is 0. The molecule has 0 amide bonds. The monoisotopic (exact) mass is 307 g/mol. The summed E-state index contributed by atoms with van der Waals surface area (Å²) in [7, 11) is -2.98. The molecule has 2 aliphatic rings. The first kappa shape index (κ1) is 14.7. The molecule has 21 heavy (non-hydrogen) atoms. The van der Waals surface area contributed by atoms with Crippen LogP contribution in [0.3, 0.4) is 0 Å². The number of nitrogens with zero attached hydrogens (tertiary/aromatic N) is 1. The molecule has 0 aliphatic carbocycles. The molecule has 114 valence electrons. The lowest BCUT2D eigenvalue weighted by molar-refractivity contribution is -0.122. The molecule has 0 radical (unpaired) electrons. The molecule has 2 unspecified atom stereocenters. The van der Waals surface area contributed by atoms with E-state index >= 15 is 0 Å². The Hall–Kier alpha value is -1.23. The molecular weight excluding hydrogens is 286 g/mol. The molecule has 2 bridgehead atoms. The van der Waals surface area contributed by atoms with Gasteiger partial charge in [-0.15, -0.1) is 0 Å². The summed E-state index contributed by atoms with van der Waals surface area (Å²) in [5, 5.41) is -0.575. The third-order valence-electron chi connectivity index (χ3n) is 4.83. The van der Waals surface area contributed by atoms with E-state index in [0.29, 0.717) is 19.3 Å². The van der Waals surface area contributed by atoms with Crippen molar-refractivity contribution in [2.75, 3.05) is 0 Å². The minimum absolute atomic E-state index is 0.105. The molecule has 2 atom stereocenters. The lowest BCUT2D eigenvalue weighted by Crippen LogP contribution is -2.45. The van der Waals surface area contributed by atoms with E-state index in [9.17, 15) is 13.2 Å². The van der Waals surface area contributed by atoms with Gasteiger partial charge in [-0.1, -0.05) is 12.5 Å². The first-order valence-electron chi connectivity index (χ1n) is 7.65. The van der Waals surface area contributed by atoms with Crippen LogP contribution in [0.15, 0.2) is 18.2 Å². The maximum Gasteiger partial charge on any atom is 0.156 e. The fourth-order valence-electron chi connectivity index (χ4n) is 3.69. The average molecular weight is 307 g/mol. The number of pyridine rings is 1. The quantitative estimate of drug-likeness (QED) is 0.859. The summed E-state index contributed by atoms with van der Waals surface area (Å²) in [5.74, 6) is 0.0473. The van der Waals surface area contributed by atoms with Gasteiger partial charge in [-0.25, -0.2) is 8.42 Å². The van der Waals surface area contributed by atoms with E-state index in [-0.39, 0.29) is 22.2 Å². The molecular formula is C16H21NO3S. The van der Waals surface area contributed by atoms with E-state index in [4.69, 9.17) is 0 Å². The zero-order valence-corrected chi connectivity index (χ0v) is 13.1. The van der Waals surface area contributed by atoms with Gasteiger partial charge < -0.3 is 0 Å². The summed E-state index contributed by atoms with van der Waals surface area (Å²) < 4.78 is 24.5. The maximum atomic E-state index is 12.5. The number of Topliss-reactive ketones (excluding diaryl/α,β-unsaturated/α-hetero) is 1. The van der Waals surface area contributed by atoms with E-state index in [1.54, 1.807) is 0 Å². The van der Waals surface area contributed by atoms with E-state index < -0.39 is 9.84 Å². The number of carbonyl (C=O) groups is 1. The molecule has 2 fully saturated rings. The Morgan fingerprint density at radius 3 is 2.52 bits per heavy atom. The first-order valence-corrected chi connectivity index (χ1v) is 9.25. The fourth-order valence-corrected chi connectivity index (χ4v) is 6.23. The Morgan fingerprint density at radius 2 is 1.90 bits per heavy atom. The summed E-state index contributed by atoms with van der Waals surface area (Å²) in [6.45, 7) is 1.91. The molecule has 4 nitrogen and oxygen atoms in total. The molecule has 1 aromatic heterocycles. The van der Waals surface area contributed by atoms with Crippen molar-refractivity contribution in [1.82, 2.24) is 4.98 Å². The Kier molecular flexibility index (Phi) is 3.86. The van der Waals surface area contributed by atoms with Crippen LogP contribution in [0.25, 0.3) is 0 Å². The van der Waals surface area contributed by atoms with Gasteiger partial charge in [0.05, 0.1) is 10.5 Å². The van der Waals surface area contributed by atoms with Gasteiger partial charge in [0.25, 0.3) is 0 Å². The van der Waals surface area contributed by atoms with Crippen molar-refractivity contribution in [3.05, 3.63) is 29.6 Å². The van der Waals surface area contributed by atoms with Gasteiger partial charge in [0.15, 0.2) is 9.84 Å². The number of aromatic nitrogens is 1. The maximum absolute atomic E-state index is 12.5. The summed E-state index contributed by atoms with van der Waals surface area (Å²) in [6.07, 6.45) is 3.80. The van der Waals surface area contributed by atoms with Crippen LogP contribution < -0.4 is 0 Å². The van der Waals surface area contributed by atoms with Crippen LogP contribution in [-0.2, 0) is 21.1 Å². The van der Waals surface area contributed by atoms with Crippen molar-refractivity contribution in [2.45, 2.75) is 55.9 Å². The van der Waals surface area contributed by atoms with Crippen LogP contribution in [-0.4, -0.2) is 29.7 Å². The fraction of sp³-hybridized carbons (Fsp3) is 0.625. The Bertz CT molecular complexity index is 633. The third kappa shape index (κ3) is 2.89. The second kappa shape index (κ2) is 5.52. The summed E-state index contributed by atoms with van der Waals surface area (Å²) in [6, 6.07) is 5.68. The van der Waals surface area contributed by atoms with Crippen LogP contribution in [0, 0.1) is 12.8 Å². The van der Waals surface area contributed by atoms with Crippen molar-refractivity contribution in [1.29, 1.82) is 0 Å². The van der Waals surface area contributed by atoms with Gasteiger partial charge in [-0.05, 0) is 44.7 Å².